The maximum Gasteiger partial charge on any atom is 0.167 e. The Bertz CT molecular complexity index is 381. The van der Waals surface area contributed by atoms with E-state index in [9.17, 15) is 0 Å². The maximum atomic E-state index is 8.68. The zero-order chi connectivity index (χ0) is 9.52. The van der Waals surface area contributed by atoms with Crippen molar-refractivity contribution in [2.24, 2.45) is 0 Å². The van der Waals surface area contributed by atoms with Gasteiger partial charge in [0.15, 0.2) is 5.82 Å². The Morgan fingerprint density at radius 3 is 3.15 bits per heavy atom. The molecule has 0 unspecified atom stereocenters. The highest BCUT2D eigenvalue weighted by Crippen LogP contribution is 2.06. The molecule has 0 spiro atoms. The van der Waals surface area contributed by atoms with Gasteiger partial charge in [-0.25, -0.2) is 0 Å². The minimum atomic E-state index is 0.476. The number of anilines is 1. The second-order valence-corrected chi connectivity index (χ2v) is 2.19. The second kappa shape index (κ2) is 4.74. The summed E-state index contributed by atoms with van der Waals surface area (Å²) >= 11 is 0. The summed E-state index contributed by atoms with van der Waals surface area (Å²) in [7, 11) is 0. The number of hydrogen-bond acceptors (Lipinski definition) is 4. The van der Waals surface area contributed by atoms with Gasteiger partial charge in [0.05, 0.1) is 18.3 Å². The first kappa shape index (κ1) is 9.02. The molecule has 0 aliphatic carbocycles. The van der Waals surface area contributed by atoms with Crippen molar-refractivity contribution in [2.75, 3.05) is 11.9 Å². The standard InChI is InChI=1S/C9H8N4/c1-2-3-5-11-9-8(7-10)4-6-12-13-9/h4,6H,5H2,1H3,(H,11,13). The minimum absolute atomic E-state index is 0.476. The molecule has 4 nitrogen and oxygen atoms in total. The van der Waals surface area contributed by atoms with Crippen LogP contribution in [0.15, 0.2) is 12.3 Å². The smallest absolute Gasteiger partial charge is 0.167 e. The van der Waals surface area contributed by atoms with E-state index in [-0.39, 0.29) is 0 Å². The van der Waals surface area contributed by atoms with E-state index in [1.807, 2.05) is 6.07 Å². The summed E-state index contributed by atoms with van der Waals surface area (Å²) in [6, 6.07) is 3.62. The van der Waals surface area contributed by atoms with E-state index in [0.717, 1.165) is 0 Å². The Morgan fingerprint density at radius 2 is 2.46 bits per heavy atom. The van der Waals surface area contributed by atoms with Crippen LogP contribution in [-0.4, -0.2) is 16.7 Å². The normalized spacial score (nSPS) is 8.00. The SMILES string of the molecule is CC#CCNc1nnccc1C#N. The molecule has 1 N–H and O–H groups in total. The molecule has 1 rings (SSSR count). The van der Waals surface area contributed by atoms with E-state index in [1.165, 1.54) is 6.20 Å². The van der Waals surface area contributed by atoms with Gasteiger partial charge in [-0.05, 0) is 13.0 Å². The van der Waals surface area contributed by atoms with Crippen molar-refractivity contribution in [3.05, 3.63) is 17.8 Å². The molecule has 4 heteroatoms. The van der Waals surface area contributed by atoms with Crippen molar-refractivity contribution >= 4 is 5.82 Å². The molecule has 0 aliphatic rings. The monoisotopic (exact) mass is 172 g/mol. The fourth-order valence-corrected chi connectivity index (χ4v) is 0.769. The molecule has 0 fully saturated rings. The second-order valence-electron chi connectivity index (χ2n) is 2.19. The van der Waals surface area contributed by atoms with Gasteiger partial charge in [-0.3, -0.25) is 0 Å². The molecule has 1 aromatic heterocycles. The third-order valence-corrected chi connectivity index (χ3v) is 1.36. The lowest BCUT2D eigenvalue weighted by Gasteiger charge is -2.00. The van der Waals surface area contributed by atoms with Gasteiger partial charge in [-0.2, -0.15) is 10.4 Å². The van der Waals surface area contributed by atoms with Gasteiger partial charge in [0.2, 0.25) is 0 Å². The van der Waals surface area contributed by atoms with Crippen molar-refractivity contribution in [2.45, 2.75) is 6.92 Å². The number of nitrogens with one attached hydrogen (secondary N) is 1. The quantitative estimate of drug-likeness (QED) is 0.670. The van der Waals surface area contributed by atoms with Crippen LogP contribution in [0.4, 0.5) is 5.82 Å². The van der Waals surface area contributed by atoms with Crippen LogP contribution in [0.1, 0.15) is 12.5 Å². The molecule has 1 aromatic rings. The molecular formula is C9H8N4. The number of hydrogen-bond donors (Lipinski definition) is 1. The first-order valence-corrected chi connectivity index (χ1v) is 3.73. The minimum Gasteiger partial charge on any atom is -0.357 e. The van der Waals surface area contributed by atoms with Crippen LogP contribution < -0.4 is 5.32 Å². The van der Waals surface area contributed by atoms with E-state index in [1.54, 1.807) is 13.0 Å². The van der Waals surface area contributed by atoms with Gasteiger partial charge in [0.25, 0.3) is 0 Å². The summed E-state index contributed by atoms with van der Waals surface area (Å²) < 4.78 is 0. The molecular weight excluding hydrogens is 164 g/mol. The van der Waals surface area contributed by atoms with Gasteiger partial charge in [-0.1, -0.05) is 5.92 Å². The molecule has 64 valence electrons. The molecule has 0 atom stereocenters. The Morgan fingerprint density at radius 1 is 1.62 bits per heavy atom. The predicted molar refractivity (Wildman–Crippen MR) is 48.7 cm³/mol. The van der Waals surface area contributed by atoms with Gasteiger partial charge < -0.3 is 5.32 Å². The topological polar surface area (TPSA) is 61.6 Å². The Balaban J connectivity index is 2.75. The lowest BCUT2D eigenvalue weighted by molar-refractivity contribution is 1.02. The number of nitrogens with zero attached hydrogens (tertiary/aromatic N) is 3. The molecule has 0 bridgehead atoms. The molecule has 0 radical (unpaired) electrons. The molecule has 0 aliphatic heterocycles. The van der Waals surface area contributed by atoms with E-state index in [2.05, 4.69) is 27.4 Å². The van der Waals surface area contributed by atoms with Crippen molar-refractivity contribution in [3.63, 3.8) is 0 Å². The van der Waals surface area contributed by atoms with Gasteiger partial charge in [0.1, 0.15) is 6.07 Å². The largest absolute Gasteiger partial charge is 0.357 e. The molecule has 0 saturated carbocycles. The average molecular weight is 172 g/mol. The van der Waals surface area contributed by atoms with Crippen molar-refractivity contribution < 1.29 is 0 Å². The molecule has 0 amide bonds. The van der Waals surface area contributed by atoms with Crippen LogP contribution in [0.5, 0.6) is 0 Å². The first-order chi connectivity index (χ1) is 6.38. The zero-order valence-electron chi connectivity index (χ0n) is 7.20. The number of aromatic nitrogens is 2. The van der Waals surface area contributed by atoms with Crippen LogP contribution in [0.25, 0.3) is 0 Å². The Hall–Kier alpha value is -2.07. The van der Waals surface area contributed by atoms with Gasteiger partial charge in [0, 0.05) is 0 Å². The molecule has 13 heavy (non-hydrogen) atoms. The summed E-state index contributed by atoms with van der Waals surface area (Å²) in [4.78, 5) is 0. The predicted octanol–water partition coefficient (Wildman–Crippen LogP) is 0.783. The van der Waals surface area contributed by atoms with Gasteiger partial charge >= 0.3 is 0 Å². The van der Waals surface area contributed by atoms with Gasteiger partial charge in [-0.15, -0.1) is 11.0 Å². The zero-order valence-corrected chi connectivity index (χ0v) is 7.20. The third-order valence-electron chi connectivity index (χ3n) is 1.36. The highest BCUT2D eigenvalue weighted by Gasteiger charge is 1.99. The lowest BCUT2D eigenvalue weighted by atomic mass is 10.3. The first-order valence-electron chi connectivity index (χ1n) is 3.73. The Labute approximate surface area is 76.6 Å². The highest BCUT2D eigenvalue weighted by atomic mass is 15.2. The molecule has 1 heterocycles. The summed E-state index contributed by atoms with van der Waals surface area (Å²) in [5.74, 6) is 6.02. The number of rotatable bonds is 2. The maximum absolute atomic E-state index is 8.68. The fraction of sp³-hybridized carbons (Fsp3) is 0.222. The van der Waals surface area contributed by atoms with Crippen LogP contribution >= 0.6 is 0 Å². The lowest BCUT2D eigenvalue weighted by Crippen LogP contribution is -2.03. The van der Waals surface area contributed by atoms with E-state index >= 15 is 0 Å². The molecule has 0 aromatic carbocycles. The van der Waals surface area contributed by atoms with Crippen molar-refractivity contribution in [1.29, 1.82) is 5.26 Å². The van der Waals surface area contributed by atoms with E-state index in [0.29, 0.717) is 17.9 Å². The third kappa shape index (κ3) is 2.46. The van der Waals surface area contributed by atoms with E-state index < -0.39 is 0 Å². The van der Waals surface area contributed by atoms with Crippen molar-refractivity contribution in [3.8, 4) is 17.9 Å². The van der Waals surface area contributed by atoms with Crippen LogP contribution in [0, 0.1) is 23.2 Å². The summed E-state index contributed by atoms with van der Waals surface area (Å²) in [5.41, 5.74) is 0.480. The van der Waals surface area contributed by atoms with E-state index in [4.69, 9.17) is 5.26 Å². The fourth-order valence-electron chi connectivity index (χ4n) is 0.769. The summed E-state index contributed by atoms with van der Waals surface area (Å²) in [6.07, 6.45) is 1.48. The van der Waals surface area contributed by atoms with Crippen molar-refractivity contribution in [1.82, 2.24) is 10.2 Å². The number of nitriles is 1. The average Bonchev–Trinajstić information content (AvgIpc) is 2.19. The van der Waals surface area contributed by atoms with Crippen LogP contribution in [0.3, 0.4) is 0 Å². The van der Waals surface area contributed by atoms with Crippen LogP contribution in [0.2, 0.25) is 0 Å². The summed E-state index contributed by atoms with van der Waals surface area (Å²) in [5, 5.41) is 19.0. The Kier molecular flexibility index (Phi) is 3.29. The molecule has 0 saturated heterocycles. The van der Waals surface area contributed by atoms with Crippen LogP contribution in [-0.2, 0) is 0 Å². The highest BCUT2D eigenvalue weighted by molar-refractivity contribution is 5.50. The summed E-state index contributed by atoms with van der Waals surface area (Å²) in [6.45, 7) is 2.23.